The average Bonchev–Trinajstić information content (AvgIpc) is 2.85. The van der Waals surface area contributed by atoms with Crippen LogP contribution in [0.3, 0.4) is 0 Å². The molecule has 0 spiro atoms. The summed E-state index contributed by atoms with van der Waals surface area (Å²) in [7, 11) is 0. The van der Waals surface area contributed by atoms with Gasteiger partial charge in [0.15, 0.2) is 0 Å². The predicted octanol–water partition coefficient (Wildman–Crippen LogP) is 7.72. The van der Waals surface area contributed by atoms with Crippen molar-refractivity contribution < 1.29 is 19.1 Å². The van der Waals surface area contributed by atoms with Crippen LogP contribution >= 0.6 is 0 Å². The number of primary amides is 1. The van der Waals surface area contributed by atoms with Crippen molar-refractivity contribution in [1.29, 1.82) is 0 Å². The Hall–Kier alpha value is -2.37. The lowest BCUT2D eigenvalue weighted by molar-refractivity contribution is -0.137. The molecular formula is C31H58N2O4. The van der Waals surface area contributed by atoms with E-state index >= 15 is 0 Å². The highest BCUT2D eigenvalue weighted by Crippen LogP contribution is 2.13. The maximum Gasteiger partial charge on any atom is 0.330 e. The van der Waals surface area contributed by atoms with Crippen LogP contribution < -0.4 is 11.1 Å². The Kier molecular flexibility index (Phi) is 33.5. The Balaban J connectivity index is -0.000000671. The van der Waals surface area contributed by atoms with Gasteiger partial charge >= 0.3 is 5.97 Å². The van der Waals surface area contributed by atoms with Crippen molar-refractivity contribution in [3.8, 4) is 0 Å². The molecule has 0 fully saturated rings. The molecule has 6 nitrogen and oxygen atoms in total. The van der Waals surface area contributed by atoms with E-state index in [1.54, 1.807) is 6.92 Å². The van der Waals surface area contributed by atoms with Crippen molar-refractivity contribution in [2.45, 2.75) is 136 Å². The third kappa shape index (κ3) is 41.0. The lowest BCUT2D eigenvalue weighted by Crippen LogP contribution is -2.27. The molecule has 0 unspecified atom stereocenters. The van der Waals surface area contributed by atoms with Gasteiger partial charge in [0, 0.05) is 17.7 Å². The predicted molar refractivity (Wildman–Crippen MR) is 158 cm³/mol. The highest BCUT2D eigenvalue weighted by Gasteiger charge is 1.97. The normalized spacial score (nSPS) is 9.76. The fraction of sp³-hybridized carbons (Fsp3) is 0.710. The van der Waals surface area contributed by atoms with Crippen LogP contribution in [0.15, 0.2) is 37.5 Å². The molecule has 0 aliphatic heterocycles. The number of esters is 1. The van der Waals surface area contributed by atoms with E-state index in [-0.39, 0.29) is 17.9 Å². The van der Waals surface area contributed by atoms with Crippen molar-refractivity contribution in [2.24, 2.45) is 5.73 Å². The lowest BCUT2D eigenvalue weighted by atomic mass is 10.0. The maximum absolute atomic E-state index is 10.8. The fourth-order valence-electron chi connectivity index (χ4n) is 3.23. The van der Waals surface area contributed by atoms with E-state index in [1.165, 1.54) is 108 Å². The first-order valence-electron chi connectivity index (χ1n) is 14.3. The van der Waals surface area contributed by atoms with Gasteiger partial charge < -0.3 is 15.8 Å². The molecule has 216 valence electrons. The van der Waals surface area contributed by atoms with Gasteiger partial charge in [-0.15, -0.1) is 0 Å². The summed E-state index contributed by atoms with van der Waals surface area (Å²) in [6.45, 7) is 18.2. The van der Waals surface area contributed by atoms with Crippen LogP contribution in [-0.4, -0.2) is 30.4 Å². The molecule has 0 radical (unpaired) electrons. The summed E-state index contributed by atoms with van der Waals surface area (Å²) in [4.78, 5) is 31.0. The molecule has 0 rings (SSSR count). The van der Waals surface area contributed by atoms with E-state index in [4.69, 9.17) is 10.5 Å². The number of rotatable bonds is 21. The Morgan fingerprint density at radius 1 is 0.757 bits per heavy atom. The van der Waals surface area contributed by atoms with Crippen molar-refractivity contribution >= 4 is 17.8 Å². The first-order chi connectivity index (χ1) is 17.6. The summed E-state index contributed by atoms with van der Waals surface area (Å²) in [6, 6.07) is 0.209. The summed E-state index contributed by atoms with van der Waals surface area (Å²) < 4.78 is 4.95. The number of unbranched alkanes of at least 4 members (excludes halogenated alkanes) is 15. The number of ether oxygens (including phenoxy) is 1. The number of hydrogen-bond donors (Lipinski definition) is 2. The molecule has 0 atom stereocenters. The van der Waals surface area contributed by atoms with Crippen LogP contribution in [0.2, 0.25) is 0 Å². The molecule has 2 amide bonds. The minimum absolute atomic E-state index is 0.111. The lowest BCUT2D eigenvalue weighted by Gasteiger charge is -2.04. The number of carbonyl (C=O) groups excluding carboxylic acids is 3. The molecule has 0 aromatic rings. The van der Waals surface area contributed by atoms with Gasteiger partial charge in [0.2, 0.25) is 11.8 Å². The van der Waals surface area contributed by atoms with Crippen molar-refractivity contribution in [3.05, 3.63) is 37.5 Å². The van der Waals surface area contributed by atoms with Gasteiger partial charge in [0.05, 0.1) is 6.61 Å². The molecule has 0 aromatic carbocycles. The molecule has 0 saturated carbocycles. The van der Waals surface area contributed by atoms with Crippen molar-refractivity contribution in [3.63, 3.8) is 0 Å². The van der Waals surface area contributed by atoms with Gasteiger partial charge in [-0.3, -0.25) is 9.59 Å². The molecule has 0 aliphatic rings. The summed E-state index contributed by atoms with van der Waals surface area (Å²) >= 11 is 0. The number of nitrogens with two attached hydrogens (primary N) is 1. The highest BCUT2D eigenvalue weighted by molar-refractivity contribution is 5.90. The number of nitrogens with one attached hydrogen (secondary N) is 1. The van der Waals surface area contributed by atoms with E-state index in [0.29, 0.717) is 12.2 Å². The van der Waals surface area contributed by atoms with Crippen LogP contribution in [0.1, 0.15) is 130 Å². The number of amides is 2. The van der Waals surface area contributed by atoms with Gasteiger partial charge in [0.25, 0.3) is 0 Å². The standard InChI is InChI=1S/C21H40O2.C6H11NO.C4H7NO/c1-3-5-6-7-8-9-10-11-12-13-14-15-16-17-18-19-20-23-21(22)4-2;1-4-6(8)7-5(2)3;1-3(2)4(5)6/h4H,2-3,5-20H2,1H3;4-5H,1H2,2-3H3,(H,7,8);1H2,2H3,(H2,5,6). The number of carbonyl (C=O) groups is 3. The molecule has 0 heterocycles. The molecule has 0 saturated heterocycles. The van der Waals surface area contributed by atoms with Gasteiger partial charge in [-0.25, -0.2) is 4.79 Å². The molecule has 3 N–H and O–H groups in total. The topological polar surface area (TPSA) is 98.5 Å². The van der Waals surface area contributed by atoms with Gasteiger partial charge in [-0.1, -0.05) is 123 Å². The van der Waals surface area contributed by atoms with Gasteiger partial charge in [-0.05, 0) is 33.3 Å². The third-order valence-electron chi connectivity index (χ3n) is 5.45. The second kappa shape index (κ2) is 31.7. The van der Waals surface area contributed by atoms with Crippen LogP contribution in [0.25, 0.3) is 0 Å². The Bertz CT molecular complexity index is 588. The summed E-state index contributed by atoms with van der Waals surface area (Å²) in [5.74, 6) is -0.846. The Morgan fingerprint density at radius 3 is 1.35 bits per heavy atom. The second-order valence-corrected chi connectivity index (χ2v) is 9.69. The third-order valence-corrected chi connectivity index (χ3v) is 5.45. The SMILES string of the molecule is C=C(C)C(N)=O.C=CC(=O)NC(C)C.C=CC(=O)OCCCCCCCCCCCCCCCCCC. The zero-order chi connectivity index (χ0) is 28.7. The number of hydrogen-bond acceptors (Lipinski definition) is 4. The van der Waals surface area contributed by atoms with Crippen molar-refractivity contribution in [2.75, 3.05) is 6.61 Å². The largest absolute Gasteiger partial charge is 0.463 e. The summed E-state index contributed by atoms with van der Waals surface area (Å²) in [5, 5.41) is 2.64. The second-order valence-electron chi connectivity index (χ2n) is 9.69. The van der Waals surface area contributed by atoms with Crippen LogP contribution in [0.5, 0.6) is 0 Å². The minimum atomic E-state index is -0.435. The smallest absolute Gasteiger partial charge is 0.330 e. The van der Waals surface area contributed by atoms with Gasteiger partial charge in [0.1, 0.15) is 0 Å². The molecule has 0 aromatic heterocycles. The Labute approximate surface area is 228 Å². The summed E-state index contributed by atoms with van der Waals surface area (Å²) in [5.41, 5.74) is 5.09. The van der Waals surface area contributed by atoms with E-state index < -0.39 is 5.91 Å². The summed E-state index contributed by atoms with van der Waals surface area (Å²) in [6.07, 6.45) is 24.2. The van der Waals surface area contributed by atoms with E-state index in [2.05, 4.69) is 32.0 Å². The van der Waals surface area contributed by atoms with Crippen LogP contribution in [-0.2, 0) is 19.1 Å². The van der Waals surface area contributed by atoms with E-state index in [0.717, 1.165) is 6.42 Å². The van der Waals surface area contributed by atoms with E-state index in [1.807, 2.05) is 13.8 Å². The van der Waals surface area contributed by atoms with Crippen LogP contribution in [0.4, 0.5) is 0 Å². The van der Waals surface area contributed by atoms with Gasteiger partial charge in [-0.2, -0.15) is 0 Å². The molecular weight excluding hydrogens is 464 g/mol. The van der Waals surface area contributed by atoms with E-state index in [9.17, 15) is 14.4 Å². The highest BCUT2D eigenvalue weighted by atomic mass is 16.5. The fourth-order valence-corrected chi connectivity index (χ4v) is 3.23. The Morgan fingerprint density at radius 2 is 1.11 bits per heavy atom. The van der Waals surface area contributed by atoms with Crippen LogP contribution in [0, 0.1) is 0 Å². The first-order valence-corrected chi connectivity index (χ1v) is 14.3. The zero-order valence-corrected chi connectivity index (χ0v) is 24.6. The molecule has 0 bridgehead atoms. The quantitative estimate of drug-likeness (QED) is 0.0915. The first kappa shape index (κ1) is 39.1. The molecule has 0 aliphatic carbocycles. The zero-order valence-electron chi connectivity index (χ0n) is 24.6. The monoisotopic (exact) mass is 522 g/mol. The minimum Gasteiger partial charge on any atom is -0.463 e. The van der Waals surface area contributed by atoms with Crippen molar-refractivity contribution in [1.82, 2.24) is 5.32 Å². The average molecular weight is 523 g/mol. The molecule has 37 heavy (non-hydrogen) atoms. The maximum atomic E-state index is 10.8. The molecule has 6 heteroatoms.